The molecule has 0 radical (unpaired) electrons. The normalized spacial score (nSPS) is 12.6. The van der Waals surface area contributed by atoms with Crippen LogP contribution in [0.2, 0.25) is 0 Å². The van der Waals surface area contributed by atoms with Gasteiger partial charge in [0.25, 0.3) is 0 Å². The smallest absolute Gasteiger partial charge is 0.248 e. The van der Waals surface area contributed by atoms with Crippen molar-refractivity contribution in [3.63, 3.8) is 0 Å². The number of rotatable bonds is 3. The molecule has 4 nitrogen and oxygen atoms in total. The van der Waals surface area contributed by atoms with Gasteiger partial charge < -0.3 is 14.8 Å². The van der Waals surface area contributed by atoms with Crippen LogP contribution in [0, 0.1) is 13.8 Å². The highest BCUT2D eigenvalue weighted by Crippen LogP contribution is 2.32. The van der Waals surface area contributed by atoms with Crippen LogP contribution >= 0.6 is 0 Å². The fourth-order valence-corrected chi connectivity index (χ4v) is 2.42. The molecule has 1 amide bonds. The molecule has 22 heavy (non-hydrogen) atoms. The van der Waals surface area contributed by atoms with E-state index >= 15 is 0 Å². The van der Waals surface area contributed by atoms with Crippen molar-refractivity contribution in [2.45, 2.75) is 13.8 Å². The second-order valence-corrected chi connectivity index (χ2v) is 5.31. The molecule has 0 unspecified atom stereocenters. The predicted molar refractivity (Wildman–Crippen MR) is 86.1 cm³/mol. The Bertz CT molecular complexity index is 730. The molecule has 1 N–H and O–H groups in total. The van der Waals surface area contributed by atoms with Gasteiger partial charge in [-0.25, -0.2) is 0 Å². The van der Waals surface area contributed by atoms with Gasteiger partial charge in [-0.05, 0) is 60.9 Å². The number of fused-ring (bicyclic) bond motifs is 1. The van der Waals surface area contributed by atoms with E-state index < -0.39 is 0 Å². The van der Waals surface area contributed by atoms with E-state index in [0.717, 1.165) is 28.1 Å². The van der Waals surface area contributed by atoms with E-state index in [9.17, 15) is 4.79 Å². The third kappa shape index (κ3) is 3.28. The number of aryl methyl sites for hydroxylation is 2. The number of hydrogen-bond donors (Lipinski definition) is 1. The average molecular weight is 295 g/mol. The van der Waals surface area contributed by atoms with Crippen molar-refractivity contribution < 1.29 is 14.3 Å². The van der Waals surface area contributed by atoms with Crippen molar-refractivity contribution in [2.75, 3.05) is 12.1 Å². The van der Waals surface area contributed by atoms with Crippen LogP contribution in [-0.4, -0.2) is 12.7 Å². The monoisotopic (exact) mass is 295 g/mol. The molecular weight excluding hydrogens is 278 g/mol. The van der Waals surface area contributed by atoms with Gasteiger partial charge in [0.05, 0.1) is 0 Å². The molecule has 0 bridgehead atoms. The Balaban J connectivity index is 1.68. The Morgan fingerprint density at radius 2 is 1.77 bits per heavy atom. The van der Waals surface area contributed by atoms with Crippen molar-refractivity contribution in [1.29, 1.82) is 0 Å². The van der Waals surface area contributed by atoms with Gasteiger partial charge in [-0.1, -0.05) is 12.1 Å². The molecule has 0 aromatic heterocycles. The molecule has 2 aromatic rings. The highest BCUT2D eigenvalue weighted by atomic mass is 16.7. The van der Waals surface area contributed by atoms with Crippen LogP contribution in [0.1, 0.15) is 16.7 Å². The summed E-state index contributed by atoms with van der Waals surface area (Å²) in [7, 11) is 0. The second-order valence-electron chi connectivity index (χ2n) is 5.31. The second kappa shape index (κ2) is 5.93. The number of amides is 1. The molecule has 0 aliphatic carbocycles. The quantitative estimate of drug-likeness (QED) is 0.879. The fraction of sp³-hybridized carbons (Fsp3) is 0.167. The Labute approximate surface area is 129 Å². The van der Waals surface area contributed by atoms with Crippen molar-refractivity contribution in [1.82, 2.24) is 0 Å². The minimum atomic E-state index is -0.164. The summed E-state index contributed by atoms with van der Waals surface area (Å²) in [6.07, 6.45) is 3.26. The van der Waals surface area contributed by atoms with Gasteiger partial charge in [-0.2, -0.15) is 0 Å². The molecule has 0 atom stereocenters. The molecule has 2 aromatic carbocycles. The maximum atomic E-state index is 12.0. The summed E-state index contributed by atoms with van der Waals surface area (Å²) >= 11 is 0. The molecule has 0 saturated heterocycles. The van der Waals surface area contributed by atoms with Crippen molar-refractivity contribution in [2.24, 2.45) is 0 Å². The van der Waals surface area contributed by atoms with Crippen molar-refractivity contribution in [3.05, 3.63) is 59.2 Å². The molecule has 0 saturated carbocycles. The Morgan fingerprint density at radius 3 is 2.55 bits per heavy atom. The van der Waals surface area contributed by atoms with Crippen LogP contribution < -0.4 is 14.8 Å². The van der Waals surface area contributed by atoms with E-state index in [-0.39, 0.29) is 12.7 Å². The fourth-order valence-electron chi connectivity index (χ4n) is 2.42. The number of anilines is 1. The van der Waals surface area contributed by atoms with Crippen LogP contribution in [0.4, 0.5) is 5.69 Å². The van der Waals surface area contributed by atoms with E-state index in [2.05, 4.69) is 11.4 Å². The Hall–Kier alpha value is -2.75. The largest absolute Gasteiger partial charge is 0.454 e. The lowest BCUT2D eigenvalue weighted by Crippen LogP contribution is -2.08. The molecule has 0 fully saturated rings. The zero-order chi connectivity index (χ0) is 15.5. The molecule has 1 aliphatic rings. The van der Waals surface area contributed by atoms with Gasteiger partial charge in [0.2, 0.25) is 12.7 Å². The third-order valence-corrected chi connectivity index (χ3v) is 3.31. The van der Waals surface area contributed by atoms with E-state index in [1.807, 2.05) is 44.2 Å². The van der Waals surface area contributed by atoms with E-state index in [1.54, 1.807) is 6.08 Å². The van der Waals surface area contributed by atoms with E-state index in [4.69, 9.17) is 9.47 Å². The van der Waals surface area contributed by atoms with Crippen molar-refractivity contribution >= 4 is 17.7 Å². The lowest BCUT2D eigenvalue weighted by atomic mass is 10.1. The topological polar surface area (TPSA) is 47.6 Å². The van der Waals surface area contributed by atoms with Crippen LogP contribution in [-0.2, 0) is 4.79 Å². The summed E-state index contributed by atoms with van der Waals surface area (Å²) in [6, 6.07) is 11.5. The summed E-state index contributed by atoms with van der Waals surface area (Å²) in [5, 5.41) is 2.86. The molecule has 1 heterocycles. The van der Waals surface area contributed by atoms with Crippen LogP contribution in [0.5, 0.6) is 11.5 Å². The zero-order valence-corrected chi connectivity index (χ0v) is 12.6. The maximum Gasteiger partial charge on any atom is 0.248 e. The van der Waals surface area contributed by atoms with Crippen molar-refractivity contribution in [3.8, 4) is 11.5 Å². The standard InChI is InChI=1S/C18H17NO3/c1-12-7-13(2)9-15(8-12)19-18(20)6-4-14-3-5-16-17(10-14)22-11-21-16/h3-10H,11H2,1-2H3,(H,19,20)/b6-4+. The maximum absolute atomic E-state index is 12.0. The highest BCUT2D eigenvalue weighted by molar-refractivity contribution is 6.02. The van der Waals surface area contributed by atoms with Crippen LogP contribution in [0.15, 0.2) is 42.5 Å². The van der Waals surface area contributed by atoms with Gasteiger partial charge in [-0.3, -0.25) is 4.79 Å². The molecule has 3 rings (SSSR count). The minimum Gasteiger partial charge on any atom is -0.454 e. The first-order valence-electron chi connectivity index (χ1n) is 7.07. The summed E-state index contributed by atoms with van der Waals surface area (Å²) in [5.74, 6) is 1.27. The van der Waals surface area contributed by atoms with Gasteiger partial charge in [0.1, 0.15) is 0 Å². The predicted octanol–water partition coefficient (Wildman–Crippen LogP) is 3.68. The van der Waals surface area contributed by atoms with Gasteiger partial charge in [-0.15, -0.1) is 0 Å². The number of carbonyl (C=O) groups is 1. The highest BCUT2D eigenvalue weighted by Gasteiger charge is 2.12. The molecule has 4 heteroatoms. The molecule has 1 aliphatic heterocycles. The zero-order valence-electron chi connectivity index (χ0n) is 12.6. The Kier molecular flexibility index (Phi) is 3.83. The number of benzene rings is 2. The van der Waals surface area contributed by atoms with Gasteiger partial charge in [0, 0.05) is 11.8 Å². The number of carbonyl (C=O) groups excluding carboxylic acids is 1. The number of nitrogens with one attached hydrogen (secondary N) is 1. The first kappa shape index (κ1) is 14.2. The molecule has 112 valence electrons. The lowest BCUT2D eigenvalue weighted by Gasteiger charge is -2.05. The first-order chi connectivity index (χ1) is 10.6. The Morgan fingerprint density at radius 1 is 1.05 bits per heavy atom. The number of ether oxygens (including phenoxy) is 2. The minimum absolute atomic E-state index is 0.164. The third-order valence-electron chi connectivity index (χ3n) is 3.31. The molecule has 0 spiro atoms. The molecular formula is C18H17NO3. The van der Waals surface area contributed by atoms with E-state index in [1.165, 1.54) is 6.08 Å². The lowest BCUT2D eigenvalue weighted by molar-refractivity contribution is -0.111. The van der Waals surface area contributed by atoms with Gasteiger partial charge >= 0.3 is 0 Å². The van der Waals surface area contributed by atoms with E-state index in [0.29, 0.717) is 5.75 Å². The van der Waals surface area contributed by atoms with Gasteiger partial charge in [0.15, 0.2) is 11.5 Å². The van der Waals surface area contributed by atoms with Crippen LogP contribution in [0.25, 0.3) is 6.08 Å². The summed E-state index contributed by atoms with van der Waals surface area (Å²) < 4.78 is 10.6. The first-order valence-corrected chi connectivity index (χ1v) is 7.07. The summed E-state index contributed by atoms with van der Waals surface area (Å²) in [6.45, 7) is 4.26. The SMILES string of the molecule is Cc1cc(C)cc(NC(=O)/C=C/c2ccc3c(c2)OCO3)c1. The van der Waals surface area contributed by atoms with Crippen LogP contribution in [0.3, 0.4) is 0 Å². The number of hydrogen-bond acceptors (Lipinski definition) is 3. The summed E-state index contributed by atoms with van der Waals surface area (Å²) in [5.41, 5.74) is 3.93. The average Bonchev–Trinajstić information content (AvgIpc) is 2.91. The summed E-state index contributed by atoms with van der Waals surface area (Å²) in [4.78, 5) is 12.0.